The molecule has 8 heteroatoms. The zero-order chi connectivity index (χ0) is 18.1. The number of halogens is 2. The molecule has 1 aliphatic heterocycles. The van der Waals surface area contributed by atoms with E-state index in [0.29, 0.717) is 23.1 Å². The maximum absolute atomic E-state index is 12.6. The molecule has 138 valence electrons. The fraction of sp³-hybridized carbons (Fsp3) is 0.500. The SMILES string of the molecule is Nc1ncc(-c2cc(C3CCNCC3)nc(C3CC3)n2)cc1OC(F)F. The minimum absolute atomic E-state index is 0.0656. The molecule has 2 fully saturated rings. The van der Waals surface area contributed by atoms with Gasteiger partial charge in [0.05, 0.1) is 5.69 Å². The second-order valence-electron chi connectivity index (χ2n) is 6.82. The normalized spacial score (nSPS) is 18.3. The van der Waals surface area contributed by atoms with Gasteiger partial charge in [0.1, 0.15) is 5.82 Å². The largest absolute Gasteiger partial charge is 0.431 e. The van der Waals surface area contributed by atoms with Crippen LogP contribution in [0.4, 0.5) is 14.6 Å². The molecule has 0 bridgehead atoms. The summed E-state index contributed by atoms with van der Waals surface area (Å²) in [6.07, 6.45) is 5.78. The molecule has 3 heterocycles. The van der Waals surface area contributed by atoms with Crippen LogP contribution in [0.1, 0.15) is 49.0 Å². The fourth-order valence-corrected chi connectivity index (χ4v) is 3.27. The van der Waals surface area contributed by atoms with Crippen LogP contribution >= 0.6 is 0 Å². The molecule has 0 atom stereocenters. The quantitative estimate of drug-likeness (QED) is 0.851. The minimum Gasteiger partial charge on any atom is -0.431 e. The number of hydrogen-bond donors (Lipinski definition) is 2. The average molecular weight is 361 g/mol. The molecule has 0 spiro atoms. The molecule has 0 unspecified atom stereocenters. The lowest BCUT2D eigenvalue weighted by Gasteiger charge is -2.23. The molecule has 1 saturated heterocycles. The van der Waals surface area contributed by atoms with Crippen LogP contribution in [0.3, 0.4) is 0 Å². The molecule has 4 rings (SSSR count). The predicted molar refractivity (Wildman–Crippen MR) is 93.1 cm³/mol. The summed E-state index contributed by atoms with van der Waals surface area (Å²) < 4.78 is 29.6. The van der Waals surface area contributed by atoms with E-state index in [1.807, 2.05) is 6.07 Å². The first-order valence-electron chi connectivity index (χ1n) is 8.90. The summed E-state index contributed by atoms with van der Waals surface area (Å²) in [5, 5.41) is 3.36. The molecule has 1 saturated carbocycles. The molecule has 2 aromatic heterocycles. The van der Waals surface area contributed by atoms with E-state index in [-0.39, 0.29) is 11.6 Å². The number of aromatic nitrogens is 3. The van der Waals surface area contributed by atoms with Gasteiger partial charge in [-0.1, -0.05) is 0 Å². The van der Waals surface area contributed by atoms with Crippen LogP contribution in [-0.4, -0.2) is 34.7 Å². The molecule has 0 amide bonds. The standard InChI is InChI=1S/C18H21F2N5O/c19-18(20)26-15-7-12(9-23-16(15)21)14-8-13(10-3-5-22-6-4-10)24-17(25-14)11-1-2-11/h7-11,18,22H,1-6H2,(H2,21,23). The van der Waals surface area contributed by atoms with E-state index in [0.717, 1.165) is 50.3 Å². The van der Waals surface area contributed by atoms with Crippen molar-refractivity contribution in [3.05, 3.63) is 29.8 Å². The van der Waals surface area contributed by atoms with Gasteiger partial charge in [-0.25, -0.2) is 15.0 Å². The molecule has 1 aliphatic carbocycles. The van der Waals surface area contributed by atoms with Crippen LogP contribution in [-0.2, 0) is 0 Å². The molecular formula is C18H21F2N5O. The van der Waals surface area contributed by atoms with E-state index in [9.17, 15) is 8.78 Å². The summed E-state index contributed by atoms with van der Waals surface area (Å²) in [5.41, 5.74) is 7.95. The van der Waals surface area contributed by atoms with Gasteiger partial charge in [0.2, 0.25) is 0 Å². The summed E-state index contributed by atoms with van der Waals surface area (Å²) in [5.74, 6) is 1.42. The van der Waals surface area contributed by atoms with Crippen molar-refractivity contribution in [3.8, 4) is 17.0 Å². The zero-order valence-electron chi connectivity index (χ0n) is 14.3. The molecule has 0 radical (unpaired) electrons. The first-order chi connectivity index (χ1) is 12.6. The number of alkyl halides is 2. The Morgan fingerprint density at radius 1 is 1.08 bits per heavy atom. The highest BCUT2D eigenvalue weighted by molar-refractivity contribution is 5.64. The third-order valence-electron chi connectivity index (χ3n) is 4.86. The Morgan fingerprint density at radius 2 is 1.85 bits per heavy atom. The van der Waals surface area contributed by atoms with Crippen LogP contribution in [0.25, 0.3) is 11.3 Å². The summed E-state index contributed by atoms with van der Waals surface area (Å²) in [6, 6.07) is 3.42. The number of pyridine rings is 1. The van der Waals surface area contributed by atoms with Gasteiger partial charge in [-0.05, 0) is 50.9 Å². The fourth-order valence-electron chi connectivity index (χ4n) is 3.27. The molecule has 0 aromatic carbocycles. The lowest BCUT2D eigenvalue weighted by molar-refractivity contribution is -0.0494. The second-order valence-corrected chi connectivity index (χ2v) is 6.82. The maximum Gasteiger partial charge on any atom is 0.387 e. The molecule has 2 aliphatic rings. The number of anilines is 1. The monoisotopic (exact) mass is 361 g/mol. The highest BCUT2D eigenvalue weighted by Gasteiger charge is 2.29. The van der Waals surface area contributed by atoms with Crippen LogP contribution in [0.15, 0.2) is 18.3 Å². The van der Waals surface area contributed by atoms with Crippen LogP contribution in [0.2, 0.25) is 0 Å². The van der Waals surface area contributed by atoms with Crippen molar-refractivity contribution in [3.63, 3.8) is 0 Å². The van der Waals surface area contributed by atoms with Gasteiger partial charge in [0.25, 0.3) is 0 Å². The van der Waals surface area contributed by atoms with E-state index < -0.39 is 6.61 Å². The number of piperidine rings is 1. The van der Waals surface area contributed by atoms with Crippen molar-refractivity contribution in [1.82, 2.24) is 20.3 Å². The summed E-state index contributed by atoms with van der Waals surface area (Å²) >= 11 is 0. The Bertz CT molecular complexity index is 791. The third kappa shape index (κ3) is 3.75. The smallest absolute Gasteiger partial charge is 0.387 e. The van der Waals surface area contributed by atoms with E-state index in [2.05, 4.69) is 20.0 Å². The van der Waals surface area contributed by atoms with Gasteiger partial charge in [-0.3, -0.25) is 0 Å². The first kappa shape index (κ1) is 17.1. The number of nitrogens with zero attached hydrogens (tertiary/aromatic N) is 3. The number of nitrogen functional groups attached to an aromatic ring is 1. The molecule has 6 nitrogen and oxygen atoms in total. The zero-order valence-corrected chi connectivity index (χ0v) is 14.3. The highest BCUT2D eigenvalue weighted by Crippen LogP contribution is 2.40. The van der Waals surface area contributed by atoms with E-state index in [1.54, 1.807) is 6.20 Å². The molecule has 26 heavy (non-hydrogen) atoms. The topological polar surface area (TPSA) is 86.0 Å². The Kier molecular flexibility index (Phi) is 4.67. The summed E-state index contributed by atoms with van der Waals surface area (Å²) in [4.78, 5) is 13.4. The van der Waals surface area contributed by atoms with Gasteiger partial charge in [-0.15, -0.1) is 0 Å². The predicted octanol–water partition coefficient (Wildman–Crippen LogP) is 3.07. The molecule has 3 N–H and O–H groups in total. The summed E-state index contributed by atoms with van der Waals surface area (Å²) in [7, 11) is 0. The number of rotatable bonds is 5. The average Bonchev–Trinajstić information content (AvgIpc) is 3.49. The maximum atomic E-state index is 12.6. The Balaban J connectivity index is 1.72. The summed E-state index contributed by atoms with van der Waals surface area (Å²) in [6.45, 7) is -1.01. The van der Waals surface area contributed by atoms with Crippen LogP contribution < -0.4 is 15.8 Å². The van der Waals surface area contributed by atoms with Crippen molar-refractivity contribution in [1.29, 1.82) is 0 Å². The Hall–Kier alpha value is -2.35. The molecule has 2 aromatic rings. The van der Waals surface area contributed by atoms with Gasteiger partial charge >= 0.3 is 6.61 Å². The number of nitrogens with one attached hydrogen (secondary N) is 1. The number of hydrogen-bond acceptors (Lipinski definition) is 6. The van der Waals surface area contributed by atoms with Crippen molar-refractivity contribution in [2.75, 3.05) is 18.8 Å². The Labute approximate surface area is 150 Å². The van der Waals surface area contributed by atoms with Gasteiger partial charge in [-0.2, -0.15) is 8.78 Å². The third-order valence-corrected chi connectivity index (χ3v) is 4.86. The van der Waals surface area contributed by atoms with Crippen molar-refractivity contribution >= 4 is 5.82 Å². The minimum atomic E-state index is -2.95. The van der Waals surface area contributed by atoms with E-state index >= 15 is 0 Å². The van der Waals surface area contributed by atoms with Gasteiger partial charge < -0.3 is 15.8 Å². The van der Waals surface area contributed by atoms with Gasteiger partial charge in [0, 0.05) is 29.3 Å². The van der Waals surface area contributed by atoms with Crippen molar-refractivity contribution in [2.45, 2.75) is 44.1 Å². The van der Waals surface area contributed by atoms with Gasteiger partial charge in [0.15, 0.2) is 11.6 Å². The number of nitrogens with two attached hydrogens (primary N) is 1. The van der Waals surface area contributed by atoms with Crippen molar-refractivity contribution in [2.24, 2.45) is 0 Å². The first-order valence-corrected chi connectivity index (χ1v) is 8.90. The van der Waals surface area contributed by atoms with E-state index in [4.69, 9.17) is 10.7 Å². The van der Waals surface area contributed by atoms with Crippen LogP contribution in [0, 0.1) is 0 Å². The van der Waals surface area contributed by atoms with Crippen LogP contribution in [0.5, 0.6) is 5.75 Å². The molecular weight excluding hydrogens is 340 g/mol. The lowest BCUT2D eigenvalue weighted by Crippen LogP contribution is -2.27. The van der Waals surface area contributed by atoms with Crippen molar-refractivity contribution < 1.29 is 13.5 Å². The number of ether oxygens (including phenoxy) is 1. The second kappa shape index (κ2) is 7.11. The Morgan fingerprint density at radius 3 is 2.54 bits per heavy atom. The lowest BCUT2D eigenvalue weighted by atomic mass is 9.93. The van der Waals surface area contributed by atoms with E-state index in [1.165, 1.54) is 6.07 Å². The highest BCUT2D eigenvalue weighted by atomic mass is 19.3.